The first-order chi connectivity index (χ1) is 8.67. The molecule has 0 amide bonds. The minimum Gasteiger partial charge on any atom is -0.390 e. The molecular formula is C12H13Cl2N3O. The van der Waals surface area contributed by atoms with Crippen LogP contribution in [-0.4, -0.2) is 20.1 Å². The van der Waals surface area contributed by atoms with Crippen LogP contribution in [-0.2, 0) is 19.6 Å². The lowest BCUT2D eigenvalue weighted by Crippen LogP contribution is -2.07. The number of aliphatic hydroxyl groups is 1. The van der Waals surface area contributed by atoms with E-state index in [9.17, 15) is 5.11 Å². The maximum absolute atomic E-state index is 9.17. The smallest absolute Gasteiger partial charge is 0.111 e. The second-order valence-corrected chi connectivity index (χ2v) is 4.67. The minimum absolute atomic E-state index is 0.112. The first-order valence-corrected chi connectivity index (χ1v) is 6.38. The largest absolute Gasteiger partial charge is 0.390 e. The molecule has 1 N–H and O–H groups in total. The molecule has 2 aromatic rings. The van der Waals surface area contributed by atoms with E-state index in [2.05, 4.69) is 10.3 Å². The fourth-order valence-corrected chi connectivity index (χ4v) is 2.36. The molecular weight excluding hydrogens is 273 g/mol. The summed E-state index contributed by atoms with van der Waals surface area (Å²) in [5.41, 5.74) is 2.30. The number of halogens is 2. The molecule has 18 heavy (non-hydrogen) atoms. The average Bonchev–Trinajstić information content (AvgIpc) is 2.75. The van der Waals surface area contributed by atoms with Gasteiger partial charge in [-0.3, -0.25) is 0 Å². The number of hydrogen-bond acceptors (Lipinski definition) is 3. The van der Waals surface area contributed by atoms with Crippen LogP contribution in [0.25, 0.3) is 0 Å². The summed E-state index contributed by atoms with van der Waals surface area (Å²) < 4.78 is 1.72. The van der Waals surface area contributed by atoms with Gasteiger partial charge in [0.25, 0.3) is 0 Å². The van der Waals surface area contributed by atoms with E-state index >= 15 is 0 Å². The van der Waals surface area contributed by atoms with Gasteiger partial charge < -0.3 is 5.11 Å². The molecule has 0 fully saturated rings. The molecule has 0 spiro atoms. The van der Waals surface area contributed by atoms with Crippen molar-refractivity contribution in [2.45, 2.75) is 26.5 Å². The van der Waals surface area contributed by atoms with Gasteiger partial charge in [0, 0.05) is 15.6 Å². The summed E-state index contributed by atoms with van der Waals surface area (Å²) in [7, 11) is 0. The van der Waals surface area contributed by atoms with E-state index in [0.717, 1.165) is 17.7 Å². The van der Waals surface area contributed by atoms with Crippen LogP contribution in [0.5, 0.6) is 0 Å². The standard InChI is InChI=1S/C12H13Cl2N3O/c1-2-12-11(7-18)15-16-17(12)6-8-9(13)4-3-5-10(8)14/h3-5,18H,2,6-7H2,1H3. The van der Waals surface area contributed by atoms with Crippen molar-refractivity contribution in [3.8, 4) is 0 Å². The maximum Gasteiger partial charge on any atom is 0.111 e. The summed E-state index contributed by atoms with van der Waals surface area (Å²) in [6, 6.07) is 5.38. The number of hydrogen-bond donors (Lipinski definition) is 1. The van der Waals surface area contributed by atoms with Crippen molar-refractivity contribution in [3.63, 3.8) is 0 Å². The lowest BCUT2D eigenvalue weighted by atomic mass is 10.2. The van der Waals surface area contributed by atoms with Gasteiger partial charge in [-0.2, -0.15) is 0 Å². The molecule has 2 rings (SSSR count). The van der Waals surface area contributed by atoms with Gasteiger partial charge in [-0.25, -0.2) is 4.68 Å². The van der Waals surface area contributed by atoms with Gasteiger partial charge in [-0.15, -0.1) is 5.10 Å². The SMILES string of the molecule is CCc1c(CO)nnn1Cc1c(Cl)cccc1Cl. The third-order valence-corrected chi connectivity index (χ3v) is 3.48. The average molecular weight is 286 g/mol. The van der Waals surface area contributed by atoms with Crippen LogP contribution in [0.2, 0.25) is 10.0 Å². The predicted octanol–water partition coefficient (Wildman–Crippen LogP) is 2.69. The summed E-state index contributed by atoms with van der Waals surface area (Å²) in [6.07, 6.45) is 0.741. The third-order valence-electron chi connectivity index (χ3n) is 2.77. The van der Waals surface area contributed by atoms with E-state index in [0.29, 0.717) is 22.3 Å². The Morgan fingerprint density at radius 3 is 2.50 bits per heavy atom. The van der Waals surface area contributed by atoms with Crippen molar-refractivity contribution in [2.75, 3.05) is 0 Å². The zero-order valence-electron chi connectivity index (χ0n) is 9.90. The molecule has 0 saturated carbocycles. The fraction of sp³-hybridized carbons (Fsp3) is 0.333. The van der Waals surface area contributed by atoms with E-state index < -0.39 is 0 Å². The molecule has 1 aromatic heterocycles. The summed E-state index contributed by atoms with van der Waals surface area (Å²) >= 11 is 12.2. The molecule has 96 valence electrons. The van der Waals surface area contributed by atoms with Crippen molar-refractivity contribution >= 4 is 23.2 Å². The zero-order valence-corrected chi connectivity index (χ0v) is 11.4. The van der Waals surface area contributed by atoms with Gasteiger partial charge in [-0.1, -0.05) is 41.4 Å². The minimum atomic E-state index is -0.112. The number of aliphatic hydroxyl groups excluding tert-OH is 1. The van der Waals surface area contributed by atoms with Gasteiger partial charge in [0.05, 0.1) is 18.8 Å². The van der Waals surface area contributed by atoms with Crippen LogP contribution in [0.15, 0.2) is 18.2 Å². The maximum atomic E-state index is 9.17. The van der Waals surface area contributed by atoms with Crippen LogP contribution in [0.3, 0.4) is 0 Å². The highest BCUT2D eigenvalue weighted by atomic mass is 35.5. The summed E-state index contributed by atoms with van der Waals surface area (Å²) in [5, 5.41) is 18.3. The molecule has 0 saturated heterocycles. The summed E-state index contributed by atoms with van der Waals surface area (Å²) in [6.45, 7) is 2.33. The Balaban J connectivity index is 2.37. The fourth-order valence-electron chi connectivity index (χ4n) is 1.84. The van der Waals surface area contributed by atoms with E-state index in [1.165, 1.54) is 0 Å². The lowest BCUT2D eigenvalue weighted by molar-refractivity contribution is 0.275. The van der Waals surface area contributed by atoms with Gasteiger partial charge in [0.2, 0.25) is 0 Å². The molecule has 0 aliphatic carbocycles. The Kier molecular flexibility index (Phi) is 4.22. The molecule has 0 aliphatic rings. The first-order valence-electron chi connectivity index (χ1n) is 5.62. The molecule has 6 heteroatoms. The second-order valence-electron chi connectivity index (χ2n) is 3.85. The Hall–Kier alpha value is -1.10. The molecule has 1 heterocycles. The Labute approximate surface area is 115 Å². The topological polar surface area (TPSA) is 50.9 Å². The lowest BCUT2D eigenvalue weighted by Gasteiger charge is -2.09. The predicted molar refractivity (Wildman–Crippen MR) is 70.9 cm³/mol. The first kappa shape index (κ1) is 13.3. The monoisotopic (exact) mass is 285 g/mol. The van der Waals surface area contributed by atoms with E-state index in [1.807, 2.05) is 6.92 Å². The molecule has 0 radical (unpaired) electrons. The third kappa shape index (κ3) is 2.51. The number of benzene rings is 1. The van der Waals surface area contributed by atoms with Gasteiger partial charge in [0.1, 0.15) is 5.69 Å². The summed E-state index contributed by atoms with van der Waals surface area (Å²) in [5.74, 6) is 0. The molecule has 0 atom stereocenters. The number of aromatic nitrogens is 3. The van der Waals surface area contributed by atoms with Crippen molar-refractivity contribution in [1.82, 2.24) is 15.0 Å². The second kappa shape index (κ2) is 5.69. The van der Waals surface area contributed by atoms with Crippen LogP contribution in [0, 0.1) is 0 Å². The van der Waals surface area contributed by atoms with Gasteiger partial charge in [0.15, 0.2) is 0 Å². The molecule has 0 aliphatic heterocycles. The zero-order chi connectivity index (χ0) is 13.1. The number of rotatable bonds is 4. The Morgan fingerprint density at radius 1 is 1.28 bits per heavy atom. The Morgan fingerprint density at radius 2 is 1.94 bits per heavy atom. The van der Waals surface area contributed by atoms with Gasteiger partial charge >= 0.3 is 0 Å². The van der Waals surface area contributed by atoms with Crippen molar-refractivity contribution in [1.29, 1.82) is 0 Å². The van der Waals surface area contributed by atoms with E-state index in [1.54, 1.807) is 22.9 Å². The van der Waals surface area contributed by atoms with Crippen molar-refractivity contribution in [3.05, 3.63) is 45.2 Å². The van der Waals surface area contributed by atoms with Crippen LogP contribution in [0.4, 0.5) is 0 Å². The molecule has 1 aromatic carbocycles. The summed E-state index contributed by atoms with van der Waals surface area (Å²) in [4.78, 5) is 0. The highest BCUT2D eigenvalue weighted by Crippen LogP contribution is 2.25. The van der Waals surface area contributed by atoms with Gasteiger partial charge in [-0.05, 0) is 18.6 Å². The molecule has 0 unspecified atom stereocenters. The van der Waals surface area contributed by atoms with E-state index in [4.69, 9.17) is 23.2 Å². The number of nitrogens with zero attached hydrogens (tertiary/aromatic N) is 3. The van der Waals surface area contributed by atoms with Crippen molar-refractivity contribution < 1.29 is 5.11 Å². The van der Waals surface area contributed by atoms with Crippen LogP contribution < -0.4 is 0 Å². The highest BCUT2D eigenvalue weighted by Gasteiger charge is 2.13. The quantitative estimate of drug-likeness (QED) is 0.940. The Bertz CT molecular complexity index is 534. The molecule has 0 bridgehead atoms. The van der Waals surface area contributed by atoms with Crippen LogP contribution in [0.1, 0.15) is 23.9 Å². The normalized spacial score (nSPS) is 10.9. The highest BCUT2D eigenvalue weighted by molar-refractivity contribution is 6.35. The van der Waals surface area contributed by atoms with Crippen LogP contribution >= 0.6 is 23.2 Å². The molecule has 4 nitrogen and oxygen atoms in total. The van der Waals surface area contributed by atoms with Crippen molar-refractivity contribution in [2.24, 2.45) is 0 Å². The van der Waals surface area contributed by atoms with E-state index in [-0.39, 0.29) is 6.61 Å².